The topological polar surface area (TPSA) is 193 Å². The highest BCUT2D eigenvalue weighted by molar-refractivity contribution is 6.26. The molecule has 6 aromatic rings. The molecular formula is C46H52N8O8. The minimum atomic E-state index is -0.915. The van der Waals surface area contributed by atoms with Crippen LogP contribution in [0, 0.1) is 0 Å². The summed E-state index contributed by atoms with van der Waals surface area (Å²) in [7, 11) is 5.52. The van der Waals surface area contributed by atoms with Gasteiger partial charge in [0.1, 0.15) is 23.7 Å². The maximum atomic E-state index is 13.8. The smallest absolute Gasteiger partial charge is 0.407 e. The molecule has 4 N–H and O–H groups in total. The molecule has 0 unspecified atom stereocenters. The fourth-order valence-corrected chi connectivity index (χ4v) is 8.99. The van der Waals surface area contributed by atoms with Gasteiger partial charge in [0.05, 0.1) is 62.3 Å². The lowest BCUT2D eigenvalue weighted by Gasteiger charge is -2.30. The number of hydrogen-bond donors (Lipinski definition) is 4. The summed E-state index contributed by atoms with van der Waals surface area (Å²) >= 11 is 0. The van der Waals surface area contributed by atoms with Crippen molar-refractivity contribution in [1.29, 1.82) is 0 Å². The molecule has 16 nitrogen and oxygen atoms in total. The number of nitrogens with one attached hydrogen (secondary N) is 4. The molecule has 2 fully saturated rings. The normalized spacial score (nSPS) is 18.5. The molecule has 0 radical (unpaired) electrons. The van der Waals surface area contributed by atoms with Crippen molar-refractivity contribution in [2.45, 2.75) is 75.9 Å². The number of aromatic nitrogens is 4. The predicted molar refractivity (Wildman–Crippen MR) is 233 cm³/mol. The van der Waals surface area contributed by atoms with E-state index in [9.17, 15) is 19.2 Å². The molecule has 2 aliphatic rings. The fraction of sp³-hybridized carbons (Fsp3) is 0.391. The lowest BCUT2D eigenvalue weighted by molar-refractivity contribution is -0.138. The lowest BCUT2D eigenvalue weighted by Crippen LogP contribution is -2.54. The van der Waals surface area contributed by atoms with Crippen LogP contribution >= 0.6 is 0 Å². The van der Waals surface area contributed by atoms with E-state index in [-0.39, 0.29) is 23.9 Å². The molecule has 4 heterocycles. The Morgan fingerprint density at radius 2 is 1.02 bits per heavy atom. The Morgan fingerprint density at radius 1 is 0.613 bits per heavy atom. The van der Waals surface area contributed by atoms with Crippen molar-refractivity contribution < 1.29 is 38.1 Å². The molecule has 2 saturated heterocycles. The van der Waals surface area contributed by atoms with Gasteiger partial charge in [0, 0.05) is 38.4 Å². The molecule has 16 heteroatoms. The highest BCUT2D eigenvalue weighted by Crippen LogP contribution is 2.40. The molecular weight excluding hydrogens is 793 g/mol. The first-order valence-corrected chi connectivity index (χ1v) is 20.9. The van der Waals surface area contributed by atoms with Gasteiger partial charge in [-0.05, 0) is 84.0 Å². The summed E-state index contributed by atoms with van der Waals surface area (Å²) in [6.45, 7) is 4.53. The molecule has 0 saturated carbocycles. The van der Waals surface area contributed by atoms with Crippen LogP contribution in [0.1, 0.15) is 63.3 Å². The summed E-state index contributed by atoms with van der Waals surface area (Å²) < 4.78 is 20.5. The van der Waals surface area contributed by atoms with Crippen molar-refractivity contribution >= 4 is 56.3 Å². The Bertz CT molecular complexity index is 2440. The van der Waals surface area contributed by atoms with Gasteiger partial charge in [-0.25, -0.2) is 19.6 Å². The number of likely N-dealkylation sites (tertiary alicyclic amines) is 2. The predicted octanol–water partition coefficient (Wildman–Crippen LogP) is 6.77. The van der Waals surface area contributed by atoms with Crippen molar-refractivity contribution in [3.8, 4) is 22.5 Å². The number of methoxy groups -OCH3 is 4. The minimum Gasteiger partial charge on any atom is -0.453 e. The van der Waals surface area contributed by atoms with E-state index in [1.807, 2.05) is 24.5 Å². The number of alkyl carbamates (subject to hydrolysis) is 2. The first kappa shape index (κ1) is 42.2. The number of amides is 4. The molecule has 62 heavy (non-hydrogen) atoms. The minimum absolute atomic E-state index is 0.254. The van der Waals surface area contributed by atoms with E-state index in [0.717, 1.165) is 80.5 Å². The van der Waals surface area contributed by atoms with Crippen LogP contribution in [0.15, 0.2) is 73.1 Å². The summed E-state index contributed by atoms with van der Waals surface area (Å²) in [4.78, 5) is 71.9. The highest BCUT2D eigenvalue weighted by atomic mass is 16.5. The van der Waals surface area contributed by atoms with Gasteiger partial charge in [-0.3, -0.25) is 9.59 Å². The number of rotatable bonds is 12. The summed E-state index contributed by atoms with van der Waals surface area (Å²) in [5, 5.41) is 11.9. The van der Waals surface area contributed by atoms with Gasteiger partial charge in [-0.15, -0.1) is 0 Å². The van der Waals surface area contributed by atoms with E-state index in [4.69, 9.17) is 28.9 Å². The molecule has 4 amide bonds. The van der Waals surface area contributed by atoms with Crippen molar-refractivity contribution in [1.82, 2.24) is 40.4 Å². The Morgan fingerprint density at radius 3 is 1.40 bits per heavy atom. The second kappa shape index (κ2) is 17.8. The first-order valence-electron chi connectivity index (χ1n) is 20.9. The molecule has 0 spiro atoms. The SMILES string of the molecule is COC(=O)N[C@H](C(=O)N1CCC[C@H]1c1ncc(-c2ccc3c4ccc(-c5cnc([C@@H]6CCCN6C(=O)[C@@H](NC(=O)OC)[C@@H](C)OC)[nH]5)cc4c4ccccc4c3c2)[nH]1)[C@@H](C)OC. The van der Waals surface area contributed by atoms with Crippen molar-refractivity contribution in [2.24, 2.45) is 0 Å². The maximum absolute atomic E-state index is 13.8. The molecule has 2 aromatic heterocycles. The second-order valence-electron chi connectivity index (χ2n) is 15.9. The van der Waals surface area contributed by atoms with Gasteiger partial charge >= 0.3 is 12.2 Å². The van der Waals surface area contributed by atoms with Crippen molar-refractivity contribution in [3.63, 3.8) is 0 Å². The van der Waals surface area contributed by atoms with E-state index >= 15 is 0 Å². The monoisotopic (exact) mass is 844 g/mol. The summed E-state index contributed by atoms with van der Waals surface area (Å²) in [6, 6.07) is 18.8. The number of imidazole rings is 2. The number of aromatic amines is 2. The zero-order valence-electron chi connectivity index (χ0n) is 35.7. The summed E-state index contributed by atoms with van der Waals surface area (Å²) in [5.41, 5.74) is 3.58. The van der Waals surface area contributed by atoms with Crippen LogP contribution in [-0.2, 0) is 28.5 Å². The number of nitrogens with zero attached hydrogens (tertiary/aromatic N) is 4. The fourth-order valence-electron chi connectivity index (χ4n) is 8.99. The van der Waals surface area contributed by atoms with Crippen LogP contribution in [0.5, 0.6) is 0 Å². The number of H-pyrrole nitrogens is 2. The van der Waals surface area contributed by atoms with Gasteiger partial charge in [0.2, 0.25) is 11.8 Å². The lowest BCUT2D eigenvalue weighted by atomic mass is 9.91. The second-order valence-corrected chi connectivity index (χ2v) is 15.9. The third kappa shape index (κ3) is 7.91. The van der Waals surface area contributed by atoms with Crippen LogP contribution < -0.4 is 10.6 Å². The largest absolute Gasteiger partial charge is 0.453 e. The number of carbonyl (C=O) groups is 4. The zero-order chi connectivity index (χ0) is 43.7. The van der Waals surface area contributed by atoms with Gasteiger partial charge in [0.15, 0.2) is 0 Å². The Kier molecular flexibility index (Phi) is 12.1. The quantitative estimate of drug-likeness (QED) is 0.0956. The van der Waals surface area contributed by atoms with Gasteiger partial charge in [0.25, 0.3) is 0 Å². The third-order valence-electron chi connectivity index (χ3n) is 12.5. The van der Waals surface area contributed by atoms with Gasteiger partial charge in [-0.1, -0.05) is 48.5 Å². The van der Waals surface area contributed by atoms with Gasteiger partial charge < -0.3 is 49.3 Å². The molecule has 0 bridgehead atoms. The molecule has 8 rings (SSSR count). The number of hydrogen-bond acceptors (Lipinski definition) is 10. The van der Waals surface area contributed by atoms with Crippen LogP contribution in [0.3, 0.4) is 0 Å². The Labute approximate surface area is 358 Å². The van der Waals surface area contributed by atoms with E-state index in [1.54, 1.807) is 23.6 Å². The van der Waals surface area contributed by atoms with Crippen LogP contribution in [0.2, 0.25) is 0 Å². The standard InChI is InChI=1S/C46H52N8O8/c1-25(59-3)39(51-45(57)61-5)43(55)53-19-9-13-37(53)41-47-23-35(49-41)27-15-17-31-32-18-16-28(22-34(32)30-12-8-7-11-29(30)33(31)21-27)36-24-48-42(50-36)38-14-10-20-54(38)44(56)40(26(2)60-4)52-46(58)62-6/h7-8,11-12,15-18,21-26,37-40H,9-10,13-14,19-20H2,1-6H3,(H,47,49)(H,48,50)(H,51,57)(H,52,58)/t25-,26-,37+,38+,39+,40+/m1/s1. The number of carbonyl (C=O) groups excluding carboxylic acids is 4. The summed E-state index contributed by atoms with van der Waals surface area (Å²) in [6.07, 6.45) is 4.13. The molecule has 324 valence electrons. The van der Waals surface area contributed by atoms with Crippen LogP contribution in [0.4, 0.5) is 9.59 Å². The molecule has 4 aromatic carbocycles. The van der Waals surface area contributed by atoms with Gasteiger partial charge in [-0.2, -0.15) is 0 Å². The van der Waals surface area contributed by atoms with E-state index < -0.39 is 36.5 Å². The number of ether oxygens (including phenoxy) is 4. The maximum Gasteiger partial charge on any atom is 0.407 e. The first-order chi connectivity index (χ1) is 30.0. The number of fused-ring (bicyclic) bond motifs is 6. The van der Waals surface area contributed by atoms with E-state index in [0.29, 0.717) is 24.7 Å². The molecule has 0 aliphatic carbocycles. The Hall–Kier alpha value is -6.52. The highest BCUT2D eigenvalue weighted by Gasteiger charge is 2.40. The molecule has 2 aliphatic heterocycles. The average molecular weight is 845 g/mol. The van der Waals surface area contributed by atoms with Crippen molar-refractivity contribution in [3.05, 3.63) is 84.7 Å². The zero-order valence-corrected chi connectivity index (χ0v) is 35.7. The Balaban J connectivity index is 1.07. The van der Waals surface area contributed by atoms with E-state index in [2.05, 4.69) is 69.1 Å². The number of benzene rings is 4. The van der Waals surface area contributed by atoms with E-state index in [1.165, 1.54) is 28.4 Å². The van der Waals surface area contributed by atoms with Crippen molar-refractivity contribution in [2.75, 3.05) is 41.5 Å². The third-order valence-corrected chi connectivity index (χ3v) is 12.5. The van der Waals surface area contributed by atoms with Crippen LogP contribution in [-0.4, -0.2) is 120 Å². The molecule has 6 atom stereocenters. The summed E-state index contributed by atoms with van der Waals surface area (Å²) in [5.74, 6) is 0.849. The van der Waals surface area contributed by atoms with Crippen LogP contribution in [0.25, 0.3) is 54.8 Å². The average Bonchev–Trinajstić information content (AvgIpc) is 4.16.